The number of nitrogens with one attached hydrogen (secondary N) is 2. The third kappa shape index (κ3) is 4.81. The minimum Gasteiger partial charge on any atom is -0.449 e. The Morgan fingerprint density at radius 1 is 1.00 bits per heavy atom. The molecule has 0 radical (unpaired) electrons. The van der Waals surface area contributed by atoms with Crippen molar-refractivity contribution in [2.24, 2.45) is 5.11 Å². The summed E-state index contributed by atoms with van der Waals surface area (Å²) in [5.74, 6) is -0.282. The van der Waals surface area contributed by atoms with Crippen LogP contribution in [0.15, 0.2) is 71.8 Å². The van der Waals surface area contributed by atoms with Crippen LogP contribution in [0.1, 0.15) is 38.5 Å². The first-order valence-corrected chi connectivity index (χ1v) is 10.6. The van der Waals surface area contributed by atoms with Gasteiger partial charge in [-0.15, -0.1) is 0 Å². The third-order valence-electron chi connectivity index (χ3n) is 5.64. The van der Waals surface area contributed by atoms with E-state index in [9.17, 15) is 9.59 Å². The van der Waals surface area contributed by atoms with Gasteiger partial charge in [-0.05, 0) is 51.0 Å². The van der Waals surface area contributed by atoms with Gasteiger partial charge in [-0.3, -0.25) is 4.79 Å². The van der Waals surface area contributed by atoms with E-state index in [1.165, 1.54) is 18.2 Å². The lowest BCUT2D eigenvalue weighted by molar-refractivity contribution is 0.0963. The summed E-state index contributed by atoms with van der Waals surface area (Å²) in [6, 6.07) is 21.4. The molecule has 0 fully saturated rings. The van der Waals surface area contributed by atoms with Crippen LogP contribution in [0.5, 0.6) is 0 Å². The maximum atomic E-state index is 12.4. The molecule has 8 nitrogen and oxygen atoms in total. The molecule has 0 atom stereocenters. The monoisotopic (exact) mass is 441 g/mol. The topological polar surface area (TPSA) is 116 Å². The summed E-state index contributed by atoms with van der Waals surface area (Å²) in [4.78, 5) is 27.3. The molecule has 8 heteroatoms. The zero-order chi connectivity index (χ0) is 23.2. The van der Waals surface area contributed by atoms with Crippen molar-refractivity contribution in [3.05, 3.63) is 105 Å². The largest absolute Gasteiger partial charge is 0.449 e. The van der Waals surface area contributed by atoms with Gasteiger partial charge in [0, 0.05) is 30.0 Å². The quantitative estimate of drug-likeness (QED) is 0.309. The van der Waals surface area contributed by atoms with Gasteiger partial charge in [0.1, 0.15) is 6.61 Å². The molecule has 3 aromatic carbocycles. The standard InChI is InChI=1S/C25H23N5O3/c1-27-24(31)18-11-16(10-17(12-18)14-29-30-26)13-28-25(32)33-15-23-21-8-4-2-6-19(21)20-7-3-5-9-22(20)23/h2-12,23H,13-15H2,1H3,(H,27,31)(H,28,32). The van der Waals surface area contributed by atoms with Crippen LogP contribution in [0.2, 0.25) is 0 Å². The van der Waals surface area contributed by atoms with Crippen molar-refractivity contribution in [2.75, 3.05) is 13.7 Å². The SMILES string of the molecule is CNC(=O)c1cc(CN=[N+]=[N-])cc(CNC(=O)OCC2c3ccccc3-c3ccccc32)c1. The predicted molar refractivity (Wildman–Crippen MR) is 125 cm³/mol. The van der Waals surface area contributed by atoms with Gasteiger partial charge in [-0.25, -0.2) is 4.79 Å². The van der Waals surface area contributed by atoms with Gasteiger partial charge in [0.15, 0.2) is 0 Å². The number of carbonyl (C=O) groups is 2. The molecule has 166 valence electrons. The third-order valence-corrected chi connectivity index (χ3v) is 5.64. The summed E-state index contributed by atoms with van der Waals surface area (Å²) >= 11 is 0. The number of azide groups is 1. The maximum absolute atomic E-state index is 12.4. The molecule has 0 spiro atoms. The molecule has 4 rings (SSSR count). The van der Waals surface area contributed by atoms with Gasteiger partial charge in [0.2, 0.25) is 0 Å². The molecule has 0 unspecified atom stereocenters. The normalized spacial score (nSPS) is 11.7. The number of alkyl carbamates (subject to hydrolysis) is 1. The summed E-state index contributed by atoms with van der Waals surface area (Å²) in [7, 11) is 1.54. The number of amides is 2. The Hall–Kier alpha value is -4.29. The molecular weight excluding hydrogens is 418 g/mol. The summed E-state index contributed by atoms with van der Waals surface area (Å²) in [6.45, 7) is 0.504. The van der Waals surface area contributed by atoms with Crippen LogP contribution in [0.25, 0.3) is 21.6 Å². The zero-order valence-electron chi connectivity index (χ0n) is 18.1. The molecule has 3 aromatic rings. The lowest BCUT2D eigenvalue weighted by atomic mass is 9.98. The molecule has 0 aliphatic heterocycles. The molecule has 1 aliphatic rings. The summed E-state index contributed by atoms with van der Waals surface area (Å²) in [5, 5.41) is 8.86. The molecule has 0 bridgehead atoms. The second-order valence-corrected chi connectivity index (χ2v) is 7.69. The summed E-state index contributed by atoms with van der Waals surface area (Å²) in [5.41, 5.74) is 15.0. The molecule has 0 saturated heterocycles. The van der Waals surface area contributed by atoms with E-state index in [1.54, 1.807) is 18.2 Å². The molecule has 33 heavy (non-hydrogen) atoms. The average molecular weight is 441 g/mol. The number of hydrogen-bond donors (Lipinski definition) is 2. The fraction of sp³-hybridized carbons (Fsp3) is 0.200. The second-order valence-electron chi connectivity index (χ2n) is 7.69. The van der Waals surface area contributed by atoms with Gasteiger partial charge in [0.25, 0.3) is 5.91 Å². The van der Waals surface area contributed by atoms with E-state index in [1.807, 2.05) is 24.3 Å². The molecule has 0 aromatic heterocycles. The van der Waals surface area contributed by atoms with Crippen molar-refractivity contribution >= 4 is 12.0 Å². The minimum atomic E-state index is -0.543. The predicted octanol–water partition coefficient (Wildman–Crippen LogP) is 4.90. The van der Waals surface area contributed by atoms with Crippen LogP contribution in [0.3, 0.4) is 0 Å². The number of carbonyl (C=O) groups excluding carboxylic acids is 2. The zero-order valence-corrected chi connectivity index (χ0v) is 18.1. The Morgan fingerprint density at radius 2 is 1.64 bits per heavy atom. The molecule has 2 N–H and O–H groups in total. The Labute approximate surface area is 191 Å². The number of rotatable bonds is 7. The number of fused-ring (bicyclic) bond motifs is 3. The van der Waals surface area contributed by atoms with E-state index in [0.717, 1.165) is 11.1 Å². The van der Waals surface area contributed by atoms with Crippen molar-refractivity contribution in [2.45, 2.75) is 19.0 Å². The van der Waals surface area contributed by atoms with Crippen molar-refractivity contribution in [1.29, 1.82) is 0 Å². The van der Waals surface area contributed by atoms with Gasteiger partial charge in [0.05, 0.1) is 6.54 Å². The van der Waals surface area contributed by atoms with E-state index in [0.29, 0.717) is 16.7 Å². The van der Waals surface area contributed by atoms with Gasteiger partial charge >= 0.3 is 6.09 Å². The van der Waals surface area contributed by atoms with E-state index in [4.69, 9.17) is 10.3 Å². The Morgan fingerprint density at radius 3 is 2.27 bits per heavy atom. The summed E-state index contributed by atoms with van der Waals surface area (Å²) in [6.07, 6.45) is -0.543. The van der Waals surface area contributed by atoms with Gasteiger partial charge in [-0.1, -0.05) is 59.7 Å². The van der Waals surface area contributed by atoms with Crippen molar-refractivity contribution < 1.29 is 14.3 Å². The van der Waals surface area contributed by atoms with Crippen LogP contribution < -0.4 is 10.6 Å². The highest BCUT2D eigenvalue weighted by molar-refractivity contribution is 5.94. The fourth-order valence-corrected chi connectivity index (χ4v) is 4.17. The van der Waals surface area contributed by atoms with Gasteiger partial charge < -0.3 is 15.4 Å². The van der Waals surface area contributed by atoms with Crippen molar-refractivity contribution in [3.8, 4) is 11.1 Å². The number of ether oxygens (including phenoxy) is 1. The smallest absolute Gasteiger partial charge is 0.407 e. The van der Waals surface area contributed by atoms with Crippen LogP contribution in [-0.2, 0) is 17.8 Å². The summed E-state index contributed by atoms with van der Waals surface area (Å²) < 4.78 is 5.56. The molecule has 0 heterocycles. The van der Waals surface area contributed by atoms with Crippen LogP contribution >= 0.6 is 0 Å². The fourth-order valence-electron chi connectivity index (χ4n) is 4.17. The lowest BCUT2D eigenvalue weighted by Gasteiger charge is -2.15. The van der Waals surface area contributed by atoms with E-state index in [-0.39, 0.29) is 31.5 Å². The van der Waals surface area contributed by atoms with Crippen LogP contribution in [0, 0.1) is 0 Å². The highest BCUT2D eigenvalue weighted by Crippen LogP contribution is 2.44. The Bertz CT molecular complexity index is 1200. The first-order valence-electron chi connectivity index (χ1n) is 10.6. The first-order chi connectivity index (χ1) is 16.1. The Balaban J connectivity index is 1.42. The Kier molecular flexibility index (Phi) is 6.57. The highest BCUT2D eigenvalue weighted by Gasteiger charge is 2.28. The lowest BCUT2D eigenvalue weighted by Crippen LogP contribution is -2.26. The first kappa shape index (κ1) is 21.9. The van der Waals surface area contributed by atoms with E-state index >= 15 is 0 Å². The van der Waals surface area contributed by atoms with Gasteiger partial charge in [-0.2, -0.15) is 0 Å². The number of hydrogen-bond acceptors (Lipinski definition) is 4. The van der Waals surface area contributed by atoms with E-state index in [2.05, 4.69) is 44.9 Å². The van der Waals surface area contributed by atoms with Crippen LogP contribution in [-0.4, -0.2) is 25.7 Å². The molecule has 2 amide bonds. The average Bonchev–Trinajstić information content (AvgIpc) is 3.18. The molecule has 0 saturated carbocycles. The molecular formula is C25H23N5O3. The van der Waals surface area contributed by atoms with Crippen LogP contribution in [0.4, 0.5) is 4.79 Å². The minimum absolute atomic E-state index is 0.0184. The van der Waals surface area contributed by atoms with Crippen molar-refractivity contribution in [3.63, 3.8) is 0 Å². The van der Waals surface area contributed by atoms with Crippen molar-refractivity contribution in [1.82, 2.24) is 10.6 Å². The maximum Gasteiger partial charge on any atom is 0.407 e. The van der Waals surface area contributed by atoms with E-state index < -0.39 is 6.09 Å². The molecule has 1 aliphatic carbocycles. The number of benzene rings is 3. The second kappa shape index (κ2) is 9.89. The highest BCUT2D eigenvalue weighted by atomic mass is 16.5. The number of nitrogens with zero attached hydrogens (tertiary/aromatic N) is 3.